The first-order valence-corrected chi connectivity index (χ1v) is 6.63. The SMILES string of the molecule is CN(C)CC(O)CNCc1cc(Br)ccc1Cl. The van der Waals surface area contributed by atoms with Crippen LogP contribution >= 0.6 is 27.5 Å². The van der Waals surface area contributed by atoms with E-state index in [1.807, 2.05) is 37.2 Å². The summed E-state index contributed by atoms with van der Waals surface area (Å²) in [6.45, 7) is 1.86. The van der Waals surface area contributed by atoms with Gasteiger partial charge in [0.1, 0.15) is 0 Å². The van der Waals surface area contributed by atoms with Crippen molar-refractivity contribution in [3.05, 3.63) is 33.3 Å². The van der Waals surface area contributed by atoms with Gasteiger partial charge in [0.15, 0.2) is 0 Å². The summed E-state index contributed by atoms with van der Waals surface area (Å²) in [7, 11) is 3.88. The third-order valence-electron chi connectivity index (χ3n) is 2.28. The van der Waals surface area contributed by atoms with E-state index in [-0.39, 0.29) is 6.10 Å². The quantitative estimate of drug-likeness (QED) is 0.842. The number of hydrogen-bond acceptors (Lipinski definition) is 3. The Kier molecular flexibility index (Phi) is 6.44. The number of benzene rings is 1. The number of hydrogen-bond donors (Lipinski definition) is 2. The van der Waals surface area contributed by atoms with E-state index in [9.17, 15) is 5.11 Å². The Balaban J connectivity index is 2.38. The minimum Gasteiger partial charge on any atom is -0.390 e. The van der Waals surface area contributed by atoms with E-state index >= 15 is 0 Å². The average Bonchev–Trinajstić information content (AvgIpc) is 2.22. The molecular formula is C12H18BrClN2O. The van der Waals surface area contributed by atoms with Crippen LogP contribution in [-0.4, -0.2) is 43.3 Å². The van der Waals surface area contributed by atoms with E-state index in [4.69, 9.17) is 11.6 Å². The topological polar surface area (TPSA) is 35.5 Å². The van der Waals surface area contributed by atoms with Crippen molar-refractivity contribution in [3.63, 3.8) is 0 Å². The monoisotopic (exact) mass is 320 g/mol. The second kappa shape index (κ2) is 7.34. The lowest BCUT2D eigenvalue weighted by molar-refractivity contribution is 0.134. The van der Waals surface area contributed by atoms with Crippen LogP contribution in [0.4, 0.5) is 0 Å². The van der Waals surface area contributed by atoms with Crippen LogP contribution in [-0.2, 0) is 6.54 Å². The molecular weight excluding hydrogens is 304 g/mol. The van der Waals surface area contributed by atoms with Gasteiger partial charge in [-0.05, 0) is 37.9 Å². The molecule has 1 aromatic carbocycles. The fourth-order valence-corrected chi connectivity index (χ4v) is 2.13. The van der Waals surface area contributed by atoms with Crippen LogP contribution in [0.25, 0.3) is 0 Å². The van der Waals surface area contributed by atoms with E-state index in [1.54, 1.807) is 0 Å². The van der Waals surface area contributed by atoms with E-state index in [2.05, 4.69) is 21.2 Å². The maximum atomic E-state index is 9.68. The lowest BCUT2D eigenvalue weighted by atomic mass is 10.2. The van der Waals surface area contributed by atoms with Gasteiger partial charge in [0.2, 0.25) is 0 Å². The Labute approximate surface area is 116 Å². The zero-order chi connectivity index (χ0) is 12.8. The van der Waals surface area contributed by atoms with Crippen LogP contribution < -0.4 is 5.32 Å². The molecule has 0 saturated carbocycles. The summed E-state index contributed by atoms with van der Waals surface area (Å²) in [5.74, 6) is 0. The van der Waals surface area contributed by atoms with Gasteiger partial charge in [-0.2, -0.15) is 0 Å². The van der Waals surface area contributed by atoms with Gasteiger partial charge in [-0.1, -0.05) is 27.5 Å². The van der Waals surface area contributed by atoms with E-state index in [1.165, 1.54) is 0 Å². The Hall–Kier alpha value is -0.130. The van der Waals surface area contributed by atoms with Gasteiger partial charge in [0.05, 0.1) is 6.10 Å². The Bertz CT molecular complexity index is 360. The zero-order valence-electron chi connectivity index (χ0n) is 10.1. The van der Waals surface area contributed by atoms with Crippen LogP contribution in [0.3, 0.4) is 0 Å². The summed E-state index contributed by atoms with van der Waals surface area (Å²) in [5.41, 5.74) is 1.03. The summed E-state index contributed by atoms with van der Waals surface area (Å²) in [6, 6.07) is 5.75. The first kappa shape index (κ1) is 14.9. The van der Waals surface area contributed by atoms with Crippen LogP contribution in [0.5, 0.6) is 0 Å². The summed E-state index contributed by atoms with van der Waals surface area (Å²) in [4.78, 5) is 1.96. The number of halogens is 2. The minimum absolute atomic E-state index is 0.365. The maximum absolute atomic E-state index is 9.68. The summed E-state index contributed by atoms with van der Waals surface area (Å²) >= 11 is 9.47. The van der Waals surface area contributed by atoms with Gasteiger partial charge in [-0.25, -0.2) is 0 Å². The Morgan fingerprint density at radius 2 is 2.18 bits per heavy atom. The molecule has 0 aliphatic heterocycles. The molecule has 0 saturated heterocycles. The van der Waals surface area contributed by atoms with Gasteiger partial charge in [-0.3, -0.25) is 0 Å². The minimum atomic E-state index is -0.365. The number of aliphatic hydroxyl groups excluding tert-OH is 1. The molecule has 96 valence electrons. The fraction of sp³-hybridized carbons (Fsp3) is 0.500. The molecule has 0 amide bonds. The van der Waals surface area contributed by atoms with Gasteiger partial charge in [-0.15, -0.1) is 0 Å². The third-order valence-corrected chi connectivity index (χ3v) is 3.14. The first-order valence-electron chi connectivity index (χ1n) is 5.46. The third kappa shape index (κ3) is 5.84. The summed E-state index contributed by atoms with van der Waals surface area (Å²) < 4.78 is 1.01. The van der Waals surface area contributed by atoms with Crippen LogP contribution in [0, 0.1) is 0 Å². The van der Waals surface area contributed by atoms with Crippen LogP contribution in [0.15, 0.2) is 22.7 Å². The molecule has 5 heteroatoms. The van der Waals surface area contributed by atoms with Gasteiger partial charge < -0.3 is 15.3 Å². The highest BCUT2D eigenvalue weighted by Gasteiger charge is 2.06. The normalized spacial score (nSPS) is 13.1. The summed E-state index contributed by atoms with van der Waals surface area (Å²) in [5, 5.41) is 13.6. The molecule has 0 fully saturated rings. The van der Waals surface area contributed by atoms with Crippen LogP contribution in [0.1, 0.15) is 5.56 Å². The molecule has 1 atom stereocenters. The standard InChI is InChI=1S/C12H18BrClN2O/c1-16(2)8-11(17)7-15-6-9-5-10(13)3-4-12(9)14/h3-5,11,15,17H,6-8H2,1-2H3. The van der Waals surface area contributed by atoms with Crippen molar-refractivity contribution in [1.82, 2.24) is 10.2 Å². The molecule has 0 aliphatic rings. The lowest BCUT2D eigenvalue weighted by Gasteiger charge is -2.16. The molecule has 0 spiro atoms. The molecule has 1 rings (SSSR count). The summed E-state index contributed by atoms with van der Waals surface area (Å²) in [6.07, 6.45) is -0.365. The predicted octanol–water partition coefficient (Wildman–Crippen LogP) is 2.11. The predicted molar refractivity (Wildman–Crippen MR) is 75.4 cm³/mol. The van der Waals surface area contributed by atoms with E-state index < -0.39 is 0 Å². The number of rotatable bonds is 6. The Morgan fingerprint density at radius 1 is 1.47 bits per heavy atom. The molecule has 1 aromatic rings. The highest BCUT2D eigenvalue weighted by molar-refractivity contribution is 9.10. The number of aliphatic hydroxyl groups is 1. The first-order chi connectivity index (χ1) is 7.99. The Morgan fingerprint density at radius 3 is 2.82 bits per heavy atom. The van der Waals surface area contributed by atoms with Crippen molar-refractivity contribution in [2.45, 2.75) is 12.6 Å². The second-order valence-corrected chi connectivity index (χ2v) is 5.61. The smallest absolute Gasteiger partial charge is 0.0791 e. The molecule has 2 N–H and O–H groups in total. The molecule has 0 radical (unpaired) electrons. The molecule has 0 heterocycles. The largest absolute Gasteiger partial charge is 0.390 e. The van der Waals surface area contributed by atoms with Crippen molar-refractivity contribution in [1.29, 1.82) is 0 Å². The second-order valence-electron chi connectivity index (χ2n) is 4.28. The molecule has 0 aliphatic carbocycles. The van der Waals surface area contributed by atoms with Crippen molar-refractivity contribution < 1.29 is 5.11 Å². The number of likely N-dealkylation sites (N-methyl/N-ethyl adjacent to an activating group) is 1. The van der Waals surface area contributed by atoms with E-state index in [0.717, 1.165) is 15.1 Å². The highest BCUT2D eigenvalue weighted by Crippen LogP contribution is 2.20. The van der Waals surface area contributed by atoms with Crippen molar-refractivity contribution >= 4 is 27.5 Å². The van der Waals surface area contributed by atoms with Crippen molar-refractivity contribution in [2.24, 2.45) is 0 Å². The fourth-order valence-electron chi connectivity index (χ4n) is 1.54. The number of nitrogens with zero attached hydrogens (tertiary/aromatic N) is 1. The van der Waals surface area contributed by atoms with Crippen molar-refractivity contribution in [2.75, 3.05) is 27.2 Å². The zero-order valence-corrected chi connectivity index (χ0v) is 12.4. The number of nitrogens with one attached hydrogen (secondary N) is 1. The highest BCUT2D eigenvalue weighted by atomic mass is 79.9. The van der Waals surface area contributed by atoms with Crippen molar-refractivity contribution in [3.8, 4) is 0 Å². The molecule has 17 heavy (non-hydrogen) atoms. The van der Waals surface area contributed by atoms with Gasteiger partial charge >= 0.3 is 0 Å². The van der Waals surface area contributed by atoms with E-state index in [0.29, 0.717) is 19.6 Å². The molecule has 1 unspecified atom stereocenters. The maximum Gasteiger partial charge on any atom is 0.0791 e. The molecule has 3 nitrogen and oxygen atoms in total. The molecule has 0 bridgehead atoms. The average molecular weight is 322 g/mol. The van der Waals surface area contributed by atoms with Gasteiger partial charge in [0.25, 0.3) is 0 Å². The molecule has 0 aromatic heterocycles. The van der Waals surface area contributed by atoms with Gasteiger partial charge in [0, 0.05) is 29.1 Å². The van der Waals surface area contributed by atoms with Crippen LogP contribution in [0.2, 0.25) is 5.02 Å². The lowest BCUT2D eigenvalue weighted by Crippen LogP contribution is -2.34.